The van der Waals surface area contributed by atoms with E-state index in [0.29, 0.717) is 6.42 Å². The number of piperidine rings is 1. The lowest BCUT2D eigenvalue weighted by Gasteiger charge is -2.29. The molecule has 3 nitrogen and oxygen atoms in total. The normalized spacial score (nSPS) is 24.3. The molecule has 0 amide bonds. The van der Waals surface area contributed by atoms with E-state index in [1.807, 2.05) is 6.92 Å². The third-order valence-electron chi connectivity index (χ3n) is 2.33. The molecule has 1 atom stereocenters. The van der Waals surface area contributed by atoms with Crippen LogP contribution in [0.2, 0.25) is 0 Å². The molecule has 0 N–H and O–H groups in total. The first-order valence-electron chi connectivity index (χ1n) is 5.10. The number of nitrogens with zero attached hydrogens (tertiary/aromatic N) is 1. The maximum atomic E-state index is 11.2. The second-order valence-corrected chi connectivity index (χ2v) is 3.77. The third kappa shape index (κ3) is 3.77. The maximum absolute atomic E-state index is 11.2. The van der Waals surface area contributed by atoms with Crippen molar-refractivity contribution in [3.05, 3.63) is 0 Å². The Balaban J connectivity index is 2.23. The summed E-state index contributed by atoms with van der Waals surface area (Å²) in [5.74, 6) is -0.0391. The van der Waals surface area contributed by atoms with Crippen molar-refractivity contribution in [2.75, 3.05) is 20.1 Å². The summed E-state index contributed by atoms with van der Waals surface area (Å²) in [5.41, 5.74) is 0. The zero-order valence-electron chi connectivity index (χ0n) is 8.58. The molecule has 0 saturated carbocycles. The minimum absolute atomic E-state index is 0.0391. The lowest BCUT2D eigenvalue weighted by Crippen LogP contribution is -2.38. The molecule has 76 valence electrons. The highest BCUT2D eigenvalue weighted by Gasteiger charge is 2.19. The number of esters is 1. The molecule has 0 radical (unpaired) electrons. The Kier molecular flexibility index (Phi) is 4.22. The van der Waals surface area contributed by atoms with E-state index in [9.17, 15) is 4.79 Å². The minimum atomic E-state index is -0.0391. The zero-order valence-corrected chi connectivity index (χ0v) is 8.58. The molecule has 0 aromatic carbocycles. The predicted molar refractivity (Wildman–Crippen MR) is 51.5 cm³/mol. The summed E-state index contributed by atoms with van der Waals surface area (Å²) < 4.78 is 5.32. The standard InChI is InChI=1S/C10H19NO2/c1-3-5-10(12)13-9-6-4-7-11(2)8-9/h9H,3-8H2,1-2H3/t9-/m1/s1. The van der Waals surface area contributed by atoms with E-state index in [4.69, 9.17) is 4.74 Å². The topological polar surface area (TPSA) is 29.5 Å². The van der Waals surface area contributed by atoms with Gasteiger partial charge in [0.25, 0.3) is 0 Å². The smallest absolute Gasteiger partial charge is 0.306 e. The molecular formula is C10H19NO2. The molecule has 1 rings (SSSR count). The van der Waals surface area contributed by atoms with Crippen molar-refractivity contribution < 1.29 is 9.53 Å². The van der Waals surface area contributed by atoms with Crippen molar-refractivity contribution in [3.63, 3.8) is 0 Å². The van der Waals surface area contributed by atoms with E-state index >= 15 is 0 Å². The van der Waals surface area contributed by atoms with Crippen LogP contribution >= 0.6 is 0 Å². The molecule has 3 heteroatoms. The predicted octanol–water partition coefficient (Wildman–Crippen LogP) is 1.42. The molecule has 1 aliphatic heterocycles. The molecule has 0 spiro atoms. The minimum Gasteiger partial charge on any atom is -0.461 e. The number of carbonyl (C=O) groups excluding carboxylic acids is 1. The van der Waals surface area contributed by atoms with Gasteiger partial charge in [-0.3, -0.25) is 4.79 Å². The molecule has 0 unspecified atom stereocenters. The van der Waals surface area contributed by atoms with Gasteiger partial charge in [0, 0.05) is 13.0 Å². The Morgan fingerprint density at radius 1 is 1.62 bits per heavy atom. The second-order valence-electron chi connectivity index (χ2n) is 3.77. The Labute approximate surface area is 80.1 Å². The van der Waals surface area contributed by atoms with Gasteiger partial charge < -0.3 is 9.64 Å². The summed E-state index contributed by atoms with van der Waals surface area (Å²) in [6, 6.07) is 0. The maximum Gasteiger partial charge on any atom is 0.306 e. The Morgan fingerprint density at radius 3 is 3.00 bits per heavy atom. The number of hydrogen-bond donors (Lipinski definition) is 0. The molecule has 1 fully saturated rings. The average molecular weight is 185 g/mol. The number of likely N-dealkylation sites (N-methyl/N-ethyl adjacent to an activating group) is 1. The van der Waals surface area contributed by atoms with Gasteiger partial charge in [0.15, 0.2) is 0 Å². The quantitative estimate of drug-likeness (QED) is 0.623. The monoisotopic (exact) mass is 185 g/mol. The molecule has 1 saturated heterocycles. The largest absolute Gasteiger partial charge is 0.461 e. The summed E-state index contributed by atoms with van der Waals surface area (Å²) in [7, 11) is 2.07. The first-order valence-corrected chi connectivity index (χ1v) is 5.10. The first-order chi connectivity index (χ1) is 6.22. The average Bonchev–Trinajstić information content (AvgIpc) is 2.04. The van der Waals surface area contributed by atoms with Crippen LogP contribution in [0.15, 0.2) is 0 Å². The van der Waals surface area contributed by atoms with E-state index in [0.717, 1.165) is 32.4 Å². The molecular weight excluding hydrogens is 166 g/mol. The van der Waals surface area contributed by atoms with E-state index < -0.39 is 0 Å². The highest BCUT2D eigenvalue weighted by molar-refractivity contribution is 5.69. The molecule has 1 heterocycles. The van der Waals surface area contributed by atoms with Gasteiger partial charge in [-0.05, 0) is 32.9 Å². The molecule has 0 aromatic rings. The van der Waals surface area contributed by atoms with Crippen molar-refractivity contribution in [1.29, 1.82) is 0 Å². The van der Waals surface area contributed by atoms with Gasteiger partial charge in [-0.25, -0.2) is 0 Å². The number of likely N-dealkylation sites (tertiary alicyclic amines) is 1. The van der Waals surface area contributed by atoms with Crippen LogP contribution in [0, 0.1) is 0 Å². The summed E-state index contributed by atoms with van der Waals surface area (Å²) in [4.78, 5) is 13.4. The van der Waals surface area contributed by atoms with Gasteiger partial charge >= 0.3 is 5.97 Å². The lowest BCUT2D eigenvalue weighted by atomic mass is 10.1. The summed E-state index contributed by atoms with van der Waals surface area (Å²) in [6.45, 7) is 4.02. The van der Waals surface area contributed by atoms with Crippen LogP contribution in [0.1, 0.15) is 32.6 Å². The van der Waals surface area contributed by atoms with E-state index in [-0.39, 0.29) is 12.1 Å². The molecule has 13 heavy (non-hydrogen) atoms. The molecule has 0 aromatic heterocycles. The first kappa shape index (κ1) is 10.5. The van der Waals surface area contributed by atoms with E-state index in [1.165, 1.54) is 0 Å². The fraction of sp³-hybridized carbons (Fsp3) is 0.900. The van der Waals surface area contributed by atoms with Crippen molar-refractivity contribution >= 4 is 5.97 Å². The van der Waals surface area contributed by atoms with Gasteiger partial charge in [-0.15, -0.1) is 0 Å². The Bertz CT molecular complexity index is 170. The highest BCUT2D eigenvalue weighted by atomic mass is 16.5. The Hall–Kier alpha value is -0.570. The zero-order chi connectivity index (χ0) is 9.68. The second kappa shape index (κ2) is 5.22. The molecule has 0 aliphatic carbocycles. The summed E-state index contributed by atoms with van der Waals surface area (Å²) in [5, 5.41) is 0. The number of rotatable bonds is 3. The van der Waals surface area contributed by atoms with Gasteiger partial charge in [-0.2, -0.15) is 0 Å². The van der Waals surface area contributed by atoms with Crippen LogP contribution in [0.4, 0.5) is 0 Å². The number of ether oxygens (including phenoxy) is 1. The van der Waals surface area contributed by atoms with Crippen molar-refractivity contribution in [3.8, 4) is 0 Å². The summed E-state index contributed by atoms with van der Waals surface area (Å²) >= 11 is 0. The van der Waals surface area contributed by atoms with Crippen LogP contribution in [0.5, 0.6) is 0 Å². The van der Waals surface area contributed by atoms with Gasteiger partial charge in [0.05, 0.1) is 0 Å². The fourth-order valence-corrected chi connectivity index (χ4v) is 1.66. The summed E-state index contributed by atoms with van der Waals surface area (Å²) in [6.07, 6.45) is 3.74. The Morgan fingerprint density at radius 2 is 2.38 bits per heavy atom. The highest BCUT2D eigenvalue weighted by Crippen LogP contribution is 2.12. The molecule has 1 aliphatic rings. The van der Waals surface area contributed by atoms with Gasteiger partial charge in [0.1, 0.15) is 6.10 Å². The van der Waals surface area contributed by atoms with Crippen LogP contribution in [-0.4, -0.2) is 37.1 Å². The lowest BCUT2D eigenvalue weighted by molar-refractivity contribution is -0.151. The van der Waals surface area contributed by atoms with Crippen LogP contribution in [0.25, 0.3) is 0 Å². The number of hydrogen-bond acceptors (Lipinski definition) is 3. The van der Waals surface area contributed by atoms with Crippen molar-refractivity contribution in [2.24, 2.45) is 0 Å². The van der Waals surface area contributed by atoms with Crippen LogP contribution < -0.4 is 0 Å². The van der Waals surface area contributed by atoms with Crippen LogP contribution in [0.3, 0.4) is 0 Å². The SMILES string of the molecule is CCCC(=O)O[C@@H]1CCCN(C)C1. The van der Waals surface area contributed by atoms with Crippen molar-refractivity contribution in [1.82, 2.24) is 4.90 Å². The van der Waals surface area contributed by atoms with Crippen molar-refractivity contribution in [2.45, 2.75) is 38.7 Å². The number of carbonyl (C=O) groups is 1. The van der Waals surface area contributed by atoms with E-state index in [2.05, 4.69) is 11.9 Å². The van der Waals surface area contributed by atoms with Gasteiger partial charge in [0.2, 0.25) is 0 Å². The molecule has 0 bridgehead atoms. The van der Waals surface area contributed by atoms with Gasteiger partial charge in [-0.1, -0.05) is 6.92 Å². The van der Waals surface area contributed by atoms with Crippen LogP contribution in [-0.2, 0) is 9.53 Å². The fourth-order valence-electron chi connectivity index (χ4n) is 1.66. The van der Waals surface area contributed by atoms with E-state index in [1.54, 1.807) is 0 Å². The third-order valence-corrected chi connectivity index (χ3v) is 2.33.